The fraction of sp³-hybridized carbons (Fsp3) is 0.500. The maximum Gasteiger partial charge on any atom is 0.191 e. The Morgan fingerprint density at radius 1 is 1.19 bits per heavy atom. The number of aryl methyl sites for hydroxylation is 1. The highest BCUT2D eigenvalue weighted by atomic mass is 32.1. The Labute approximate surface area is 166 Å². The normalized spacial score (nSPS) is 17.0. The fourth-order valence-corrected chi connectivity index (χ4v) is 4.02. The van der Waals surface area contributed by atoms with E-state index in [0.717, 1.165) is 43.7 Å². The SMILES string of the molecule is CN=C(NCc1ncc(C)s1)NCC(C)N1CCN(c2ccccc2)CC1. The number of anilines is 1. The van der Waals surface area contributed by atoms with E-state index in [2.05, 4.69) is 74.6 Å². The summed E-state index contributed by atoms with van der Waals surface area (Å²) >= 11 is 1.72. The standard InChI is InChI=1S/C20H30N6S/c1-16(13-23-20(21-3)24-15-19-22-14-17(2)27-19)25-9-11-26(12-10-25)18-7-5-4-6-8-18/h4-8,14,16H,9-13,15H2,1-3H3,(H2,21,23,24). The van der Waals surface area contributed by atoms with Gasteiger partial charge in [0.15, 0.2) is 5.96 Å². The Kier molecular flexibility index (Phi) is 7.06. The predicted octanol–water partition coefficient (Wildman–Crippen LogP) is 2.33. The summed E-state index contributed by atoms with van der Waals surface area (Å²) in [6, 6.07) is 11.1. The van der Waals surface area contributed by atoms with Crippen LogP contribution in [0.5, 0.6) is 0 Å². The molecule has 1 aliphatic rings. The van der Waals surface area contributed by atoms with Crippen molar-refractivity contribution < 1.29 is 0 Å². The average Bonchev–Trinajstić information content (AvgIpc) is 3.14. The zero-order valence-corrected chi connectivity index (χ0v) is 17.3. The summed E-state index contributed by atoms with van der Waals surface area (Å²) in [7, 11) is 1.81. The van der Waals surface area contributed by atoms with Crippen molar-refractivity contribution in [1.29, 1.82) is 0 Å². The fourth-order valence-electron chi connectivity index (χ4n) is 3.30. The van der Waals surface area contributed by atoms with E-state index in [9.17, 15) is 0 Å². The van der Waals surface area contributed by atoms with Crippen molar-refractivity contribution in [2.45, 2.75) is 26.4 Å². The van der Waals surface area contributed by atoms with Gasteiger partial charge in [-0.3, -0.25) is 9.89 Å². The zero-order valence-electron chi connectivity index (χ0n) is 16.5. The molecule has 1 aromatic heterocycles. The molecular formula is C20H30N6S. The summed E-state index contributed by atoms with van der Waals surface area (Å²) in [6.45, 7) is 10.3. The quantitative estimate of drug-likeness (QED) is 0.589. The van der Waals surface area contributed by atoms with Gasteiger partial charge in [0, 0.05) is 62.6 Å². The number of aliphatic imine (C=N–C) groups is 1. The van der Waals surface area contributed by atoms with E-state index in [4.69, 9.17) is 0 Å². The van der Waals surface area contributed by atoms with Crippen molar-refractivity contribution >= 4 is 23.0 Å². The van der Waals surface area contributed by atoms with Crippen LogP contribution >= 0.6 is 11.3 Å². The summed E-state index contributed by atoms with van der Waals surface area (Å²) in [5.41, 5.74) is 1.32. The van der Waals surface area contributed by atoms with Crippen LogP contribution in [0.4, 0.5) is 5.69 Å². The number of rotatable bonds is 6. The molecule has 1 atom stereocenters. The number of nitrogens with zero attached hydrogens (tertiary/aromatic N) is 4. The summed E-state index contributed by atoms with van der Waals surface area (Å²) in [4.78, 5) is 15.0. The molecule has 2 aromatic rings. The minimum absolute atomic E-state index is 0.462. The van der Waals surface area contributed by atoms with Gasteiger partial charge >= 0.3 is 0 Å². The van der Waals surface area contributed by atoms with Crippen LogP contribution < -0.4 is 15.5 Å². The van der Waals surface area contributed by atoms with E-state index in [-0.39, 0.29) is 0 Å². The van der Waals surface area contributed by atoms with Gasteiger partial charge in [-0.15, -0.1) is 11.3 Å². The number of nitrogens with one attached hydrogen (secondary N) is 2. The third-order valence-corrected chi connectivity index (χ3v) is 5.84. The Bertz CT molecular complexity index is 721. The van der Waals surface area contributed by atoms with Crippen molar-refractivity contribution in [3.63, 3.8) is 0 Å². The number of para-hydroxylation sites is 1. The second-order valence-corrected chi connectivity index (χ2v) is 8.20. The number of piperazine rings is 1. The molecule has 1 unspecified atom stereocenters. The molecule has 0 radical (unpaired) electrons. The predicted molar refractivity (Wildman–Crippen MR) is 115 cm³/mol. The summed E-state index contributed by atoms with van der Waals surface area (Å²) in [6.07, 6.45) is 1.91. The Hall–Kier alpha value is -2.12. The molecule has 1 aliphatic heterocycles. The van der Waals surface area contributed by atoms with Crippen molar-refractivity contribution in [2.75, 3.05) is 44.7 Å². The highest BCUT2D eigenvalue weighted by Crippen LogP contribution is 2.16. The molecule has 146 valence electrons. The lowest BCUT2D eigenvalue weighted by atomic mass is 10.2. The molecule has 1 saturated heterocycles. The minimum Gasteiger partial charge on any atom is -0.369 e. The Balaban J connectivity index is 1.40. The van der Waals surface area contributed by atoms with E-state index in [1.807, 2.05) is 13.2 Å². The largest absolute Gasteiger partial charge is 0.369 e. The molecule has 1 aromatic carbocycles. The number of guanidine groups is 1. The summed E-state index contributed by atoms with van der Waals surface area (Å²) in [5, 5.41) is 7.88. The van der Waals surface area contributed by atoms with Gasteiger partial charge in [0.25, 0.3) is 0 Å². The highest BCUT2D eigenvalue weighted by Gasteiger charge is 2.21. The van der Waals surface area contributed by atoms with Gasteiger partial charge in [0.2, 0.25) is 0 Å². The van der Waals surface area contributed by atoms with Gasteiger partial charge in [-0.1, -0.05) is 18.2 Å². The molecule has 6 nitrogen and oxygen atoms in total. The summed E-state index contributed by atoms with van der Waals surface area (Å²) < 4.78 is 0. The van der Waals surface area contributed by atoms with Gasteiger partial charge in [-0.05, 0) is 26.0 Å². The van der Waals surface area contributed by atoms with Crippen molar-refractivity contribution in [2.24, 2.45) is 4.99 Å². The van der Waals surface area contributed by atoms with Crippen molar-refractivity contribution in [1.82, 2.24) is 20.5 Å². The Morgan fingerprint density at radius 3 is 2.56 bits per heavy atom. The first-order chi connectivity index (χ1) is 13.2. The van der Waals surface area contributed by atoms with Crippen LogP contribution in [0.1, 0.15) is 16.8 Å². The molecule has 0 saturated carbocycles. The molecule has 2 heterocycles. The number of benzene rings is 1. The molecule has 1 fully saturated rings. The number of hydrogen-bond acceptors (Lipinski definition) is 5. The lowest BCUT2D eigenvalue weighted by molar-refractivity contribution is 0.197. The molecular weight excluding hydrogens is 356 g/mol. The van der Waals surface area contributed by atoms with Crippen LogP contribution in [0, 0.1) is 6.92 Å². The summed E-state index contributed by atoms with van der Waals surface area (Å²) in [5.74, 6) is 0.831. The first-order valence-electron chi connectivity index (χ1n) is 9.55. The second-order valence-electron chi connectivity index (χ2n) is 6.88. The highest BCUT2D eigenvalue weighted by molar-refractivity contribution is 7.11. The molecule has 7 heteroatoms. The third-order valence-electron chi connectivity index (χ3n) is 4.92. The first kappa shape index (κ1) is 19.6. The van der Waals surface area contributed by atoms with Crippen molar-refractivity contribution in [3.8, 4) is 0 Å². The van der Waals surface area contributed by atoms with E-state index in [1.165, 1.54) is 10.6 Å². The molecule has 2 N–H and O–H groups in total. The average molecular weight is 387 g/mol. The van der Waals surface area contributed by atoms with Gasteiger partial charge < -0.3 is 15.5 Å². The molecule has 0 amide bonds. The van der Waals surface area contributed by atoms with E-state index < -0.39 is 0 Å². The second kappa shape index (κ2) is 9.71. The number of hydrogen-bond donors (Lipinski definition) is 2. The van der Waals surface area contributed by atoms with E-state index >= 15 is 0 Å². The minimum atomic E-state index is 0.462. The molecule has 3 rings (SSSR count). The van der Waals surface area contributed by atoms with Gasteiger partial charge in [0.1, 0.15) is 5.01 Å². The number of aromatic nitrogens is 1. The zero-order chi connectivity index (χ0) is 19.1. The molecule has 27 heavy (non-hydrogen) atoms. The maximum atomic E-state index is 4.38. The van der Waals surface area contributed by atoms with E-state index in [1.54, 1.807) is 11.3 Å². The smallest absolute Gasteiger partial charge is 0.191 e. The lowest BCUT2D eigenvalue weighted by Gasteiger charge is -2.39. The van der Waals surface area contributed by atoms with Crippen LogP contribution in [0.2, 0.25) is 0 Å². The molecule has 0 bridgehead atoms. The van der Waals surface area contributed by atoms with Gasteiger partial charge in [-0.25, -0.2) is 4.98 Å². The first-order valence-corrected chi connectivity index (χ1v) is 10.4. The van der Waals surface area contributed by atoms with Crippen LogP contribution in [-0.2, 0) is 6.54 Å². The third kappa shape index (κ3) is 5.68. The monoisotopic (exact) mass is 386 g/mol. The number of thiazole rings is 1. The van der Waals surface area contributed by atoms with Crippen LogP contribution in [-0.4, -0.2) is 61.7 Å². The van der Waals surface area contributed by atoms with Gasteiger partial charge in [0.05, 0.1) is 6.54 Å². The topological polar surface area (TPSA) is 55.8 Å². The Morgan fingerprint density at radius 2 is 1.93 bits per heavy atom. The van der Waals surface area contributed by atoms with E-state index in [0.29, 0.717) is 12.6 Å². The van der Waals surface area contributed by atoms with Crippen molar-refractivity contribution in [3.05, 3.63) is 46.4 Å². The van der Waals surface area contributed by atoms with Crippen LogP contribution in [0.15, 0.2) is 41.5 Å². The maximum absolute atomic E-state index is 4.38. The molecule has 0 spiro atoms. The lowest BCUT2D eigenvalue weighted by Crippen LogP contribution is -2.53. The molecule has 0 aliphatic carbocycles. The van der Waals surface area contributed by atoms with Gasteiger partial charge in [-0.2, -0.15) is 0 Å². The van der Waals surface area contributed by atoms with Crippen LogP contribution in [0.3, 0.4) is 0 Å². The van der Waals surface area contributed by atoms with Crippen LogP contribution in [0.25, 0.3) is 0 Å².